The van der Waals surface area contributed by atoms with Crippen LogP contribution >= 0.6 is 0 Å². The summed E-state index contributed by atoms with van der Waals surface area (Å²) in [6.45, 7) is 13.9. The number of rotatable bonds is 4. The van der Waals surface area contributed by atoms with Gasteiger partial charge in [0.2, 0.25) is 0 Å². The van der Waals surface area contributed by atoms with Gasteiger partial charge >= 0.3 is 0 Å². The summed E-state index contributed by atoms with van der Waals surface area (Å²) in [5.74, 6) is 0. The standard InChI is InChI=1S/C13H25N3/c1-7-10(2)16-9-12(11(3)15-16)8-14-13(4,5)6/h9-10,14H,7-8H2,1-6H3. The first-order valence-corrected chi connectivity index (χ1v) is 6.13. The first-order chi connectivity index (χ1) is 7.33. The van der Waals surface area contributed by atoms with E-state index in [4.69, 9.17) is 0 Å². The summed E-state index contributed by atoms with van der Waals surface area (Å²) in [4.78, 5) is 0. The fourth-order valence-corrected chi connectivity index (χ4v) is 1.47. The summed E-state index contributed by atoms with van der Waals surface area (Å²) in [6, 6.07) is 0.488. The van der Waals surface area contributed by atoms with Crippen molar-refractivity contribution < 1.29 is 0 Å². The molecule has 0 radical (unpaired) electrons. The Bertz CT molecular complexity index is 333. The molecule has 3 nitrogen and oxygen atoms in total. The molecule has 1 aromatic rings. The minimum atomic E-state index is 0.158. The number of nitrogens with one attached hydrogen (secondary N) is 1. The highest BCUT2D eigenvalue weighted by molar-refractivity contribution is 5.15. The Hall–Kier alpha value is -0.830. The van der Waals surface area contributed by atoms with E-state index in [0.29, 0.717) is 6.04 Å². The van der Waals surface area contributed by atoms with Crippen molar-refractivity contribution in [3.63, 3.8) is 0 Å². The Labute approximate surface area is 99.2 Å². The van der Waals surface area contributed by atoms with Gasteiger partial charge in [0, 0.05) is 29.9 Å². The van der Waals surface area contributed by atoms with Crippen molar-refractivity contribution in [2.45, 2.75) is 66.1 Å². The molecule has 0 aliphatic heterocycles. The number of aromatic nitrogens is 2. The van der Waals surface area contributed by atoms with Crippen LogP contribution in [-0.2, 0) is 6.54 Å². The lowest BCUT2D eigenvalue weighted by atomic mass is 10.1. The number of nitrogens with zero attached hydrogens (tertiary/aromatic N) is 2. The molecule has 0 aliphatic rings. The van der Waals surface area contributed by atoms with Crippen molar-refractivity contribution in [3.05, 3.63) is 17.5 Å². The van der Waals surface area contributed by atoms with Crippen LogP contribution in [0.15, 0.2) is 6.20 Å². The molecule has 0 spiro atoms. The minimum Gasteiger partial charge on any atom is -0.308 e. The Balaban J connectivity index is 2.71. The monoisotopic (exact) mass is 223 g/mol. The van der Waals surface area contributed by atoms with Crippen LogP contribution in [-0.4, -0.2) is 15.3 Å². The van der Waals surface area contributed by atoms with E-state index in [0.717, 1.165) is 18.7 Å². The van der Waals surface area contributed by atoms with Crippen LogP contribution in [0.25, 0.3) is 0 Å². The molecule has 0 aliphatic carbocycles. The van der Waals surface area contributed by atoms with E-state index >= 15 is 0 Å². The van der Waals surface area contributed by atoms with E-state index in [2.05, 4.69) is 62.8 Å². The van der Waals surface area contributed by atoms with Gasteiger partial charge in [0.05, 0.1) is 5.69 Å². The molecule has 1 unspecified atom stereocenters. The number of hydrogen-bond donors (Lipinski definition) is 1. The molecule has 1 aromatic heterocycles. The van der Waals surface area contributed by atoms with Gasteiger partial charge in [-0.25, -0.2) is 0 Å². The van der Waals surface area contributed by atoms with Gasteiger partial charge in [-0.15, -0.1) is 0 Å². The maximum atomic E-state index is 4.56. The summed E-state index contributed by atoms with van der Waals surface area (Å²) in [6.07, 6.45) is 3.29. The second-order valence-corrected chi connectivity index (χ2v) is 5.58. The van der Waals surface area contributed by atoms with E-state index in [1.165, 1.54) is 5.56 Å². The van der Waals surface area contributed by atoms with Crippen LogP contribution in [0, 0.1) is 6.92 Å². The van der Waals surface area contributed by atoms with Gasteiger partial charge in [-0.2, -0.15) is 5.10 Å². The van der Waals surface area contributed by atoms with Crippen LogP contribution in [0.3, 0.4) is 0 Å². The number of aryl methyl sites for hydroxylation is 1. The summed E-state index contributed by atoms with van der Waals surface area (Å²) < 4.78 is 2.08. The van der Waals surface area contributed by atoms with Crippen LogP contribution in [0.1, 0.15) is 58.3 Å². The van der Waals surface area contributed by atoms with Crippen molar-refractivity contribution in [1.29, 1.82) is 0 Å². The first-order valence-electron chi connectivity index (χ1n) is 6.13. The second-order valence-electron chi connectivity index (χ2n) is 5.58. The zero-order chi connectivity index (χ0) is 12.3. The molecule has 1 heterocycles. The topological polar surface area (TPSA) is 29.9 Å². The lowest BCUT2D eigenvalue weighted by molar-refractivity contribution is 0.423. The molecule has 1 rings (SSSR count). The third-order valence-electron chi connectivity index (χ3n) is 2.87. The predicted molar refractivity (Wildman–Crippen MR) is 68.6 cm³/mol. The molecule has 1 N–H and O–H groups in total. The third-order valence-corrected chi connectivity index (χ3v) is 2.87. The Morgan fingerprint density at radius 1 is 1.44 bits per heavy atom. The van der Waals surface area contributed by atoms with E-state index in [9.17, 15) is 0 Å². The molecular weight excluding hydrogens is 198 g/mol. The highest BCUT2D eigenvalue weighted by atomic mass is 15.3. The van der Waals surface area contributed by atoms with Crippen molar-refractivity contribution in [1.82, 2.24) is 15.1 Å². The van der Waals surface area contributed by atoms with Gasteiger partial charge in [0.25, 0.3) is 0 Å². The summed E-state index contributed by atoms with van der Waals surface area (Å²) in [5.41, 5.74) is 2.59. The molecule has 3 heteroatoms. The molecule has 0 amide bonds. The van der Waals surface area contributed by atoms with Crippen molar-refractivity contribution in [2.75, 3.05) is 0 Å². The van der Waals surface area contributed by atoms with E-state index in [1.807, 2.05) is 0 Å². The van der Waals surface area contributed by atoms with Crippen molar-refractivity contribution in [2.24, 2.45) is 0 Å². The predicted octanol–water partition coefficient (Wildman–Crippen LogP) is 3.05. The average molecular weight is 223 g/mol. The van der Waals surface area contributed by atoms with Gasteiger partial charge in [-0.05, 0) is 41.0 Å². The fraction of sp³-hybridized carbons (Fsp3) is 0.769. The molecule has 92 valence electrons. The van der Waals surface area contributed by atoms with Gasteiger partial charge in [-0.1, -0.05) is 6.92 Å². The molecule has 0 bridgehead atoms. The molecule has 0 saturated carbocycles. The van der Waals surface area contributed by atoms with E-state index < -0.39 is 0 Å². The normalized spacial score (nSPS) is 14.1. The molecule has 0 saturated heterocycles. The van der Waals surface area contributed by atoms with Crippen LogP contribution < -0.4 is 5.32 Å². The minimum absolute atomic E-state index is 0.158. The largest absolute Gasteiger partial charge is 0.308 e. The fourth-order valence-electron chi connectivity index (χ4n) is 1.47. The first kappa shape index (κ1) is 13.2. The quantitative estimate of drug-likeness (QED) is 0.850. The summed E-state index contributed by atoms with van der Waals surface area (Å²) in [5, 5.41) is 8.05. The van der Waals surface area contributed by atoms with Gasteiger partial charge in [-0.3, -0.25) is 4.68 Å². The van der Waals surface area contributed by atoms with Crippen molar-refractivity contribution in [3.8, 4) is 0 Å². The lowest BCUT2D eigenvalue weighted by Gasteiger charge is -2.20. The number of hydrogen-bond acceptors (Lipinski definition) is 2. The lowest BCUT2D eigenvalue weighted by Crippen LogP contribution is -2.35. The zero-order valence-electron chi connectivity index (χ0n) is 11.5. The second kappa shape index (κ2) is 5.00. The molecule has 0 fully saturated rings. The third kappa shape index (κ3) is 3.63. The Morgan fingerprint density at radius 2 is 2.06 bits per heavy atom. The SMILES string of the molecule is CCC(C)n1cc(CNC(C)(C)C)c(C)n1. The van der Waals surface area contributed by atoms with E-state index in [1.54, 1.807) is 0 Å². The van der Waals surface area contributed by atoms with Crippen molar-refractivity contribution >= 4 is 0 Å². The van der Waals surface area contributed by atoms with Crippen LogP contribution in [0.5, 0.6) is 0 Å². The smallest absolute Gasteiger partial charge is 0.0638 e. The maximum absolute atomic E-state index is 4.56. The molecule has 1 atom stereocenters. The Morgan fingerprint density at radius 3 is 2.56 bits per heavy atom. The van der Waals surface area contributed by atoms with Gasteiger partial charge in [0.15, 0.2) is 0 Å². The summed E-state index contributed by atoms with van der Waals surface area (Å²) >= 11 is 0. The molecular formula is C13H25N3. The average Bonchev–Trinajstić information content (AvgIpc) is 2.54. The summed E-state index contributed by atoms with van der Waals surface area (Å²) in [7, 11) is 0. The zero-order valence-corrected chi connectivity index (χ0v) is 11.5. The Kier molecular flexibility index (Phi) is 4.14. The van der Waals surface area contributed by atoms with Gasteiger partial charge in [0.1, 0.15) is 0 Å². The molecule has 16 heavy (non-hydrogen) atoms. The molecule has 0 aromatic carbocycles. The highest BCUT2D eigenvalue weighted by Gasteiger charge is 2.12. The highest BCUT2D eigenvalue weighted by Crippen LogP contribution is 2.14. The van der Waals surface area contributed by atoms with Crippen LogP contribution in [0.2, 0.25) is 0 Å². The van der Waals surface area contributed by atoms with Gasteiger partial charge < -0.3 is 5.32 Å². The maximum Gasteiger partial charge on any atom is 0.0638 e. The van der Waals surface area contributed by atoms with Crippen LogP contribution in [0.4, 0.5) is 0 Å². The van der Waals surface area contributed by atoms with E-state index in [-0.39, 0.29) is 5.54 Å².